The molecule has 0 bridgehead atoms. The van der Waals surface area contributed by atoms with Crippen LogP contribution in [-0.2, 0) is 11.3 Å². The molecule has 1 saturated heterocycles. The van der Waals surface area contributed by atoms with Crippen molar-refractivity contribution in [2.45, 2.75) is 39.3 Å². The van der Waals surface area contributed by atoms with Crippen LogP contribution in [0.4, 0.5) is 0 Å². The van der Waals surface area contributed by atoms with E-state index in [1.54, 1.807) is 35.0 Å². The number of hydrogen-bond acceptors (Lipinski definition) is 7. The summed E-state index contributed by atoms with van der Waals surface area (Å²) in [4.78, 5) is 23.2. The molecule has 2 aromatic rings. The molecular formula is C15H19N3O2S2. The van der Waals surface area contributed by atoms with Gasteiger partial charge in [-0.05, 0) is 33.2 Å². The maximum atomic E-state index is 11.7. The second-order valence-corrected chi connectivity index (χ2v) is 7.23. The SMILES string of the molecule is CCOC(=O)c1csc(C2CCCN2Cc2csc(C)n2)n1. The summed E-state index contributed by atoms with van der Waals surface area (Å²) in [5, 5.41) is 6.03. The lowest BCUT2D eigenvalue weighted by molar-refractivity contribution is 0.0520. The van der Waals surface area contributed by atoms with Crippen molar-refractivity contribution in [1.82, 2.24) is 14.9 Å². The zero-order valence-electron chi connectivity index (χ0n) is 12.7. The maximum Gasteiger partial charge on any atom is 0.357 e. The minimum absolute atomic E-state index is 0.287. The van der Waals surface area contributed by atoms with Gasteiger partial charge in [0, 0.05) is 17.3 Å². The smallest absolute Gasteiger partial charge is 0.357 e. The second kappa shape index (κ2) is 6.85. The normalized spacial score (nSPS) is 18.7. The molecule has 1 atom stereocenters. The molecule has 1 aliphatic heterocycles. The Hall–Kier alpha value is -1.31. The monoisotopic (exact) mass is 337 g/mol. The van der Waals surface area contributed by atoms with Gasteiger partial charge in [0.25, 0.3) is 0 Å². The van der Waals surface area contributed by atoms with Gasteiger partial charge in [0.05, 0.1) is 23.4 Å². The quantitative estimate of drug-likeness (QED) is 0.783. The lowest BCUT2D eigenvalue weighted by Crippen LogP contribution is -2.23. The van der Waals surface area contributed by atoms with Gasteiger partial charge in [0.15, 0.2) is 5.69 Å². The van der Waals surface area contributed by atoms with Crippen molar-refractivity contribution in [2.75, 3.05) is 13.2 Å². The molecule has 3 rings (SSSR count). The first-order chi connectivity index (χ1) is 10.7. The molecule has 2 aromatic heterocycles. The maximum absolute atomic E-state index is 11.7. The number of carbonyl (C=O) groups excluding carboxylic acids is 1. The summed E-state index contributed by atoms with van der Waals surface area (Å²) in [5.74, 6) is -0.329. The molecule has 0 aromatic carbocycles. The van der Waals surface area contributed by atoms with Crippen LogP contribution in [0.25, 0.3) is 0 Å². The van der Waals surface area contributed by atoms with Crippen LogP contribution in [0.15, 0.2) is 10.8 Å². The van der Waals surface area contributed by atoms with Crippen LogP contribution in [-0.4, -0.2) is 34.0 Å². The Balaban J connectivity index is 1.71. The first kappa shape index (κ1) is 15.6. The Bertz CT molecular complexity index is 653. The predicted octanol–water partition coefficient (Wildman–Crippen LogP) is 3.42. The number of ether oxygens (including phenoxy) is 1. The molecule has 5 nitrogen and oxygen atoms in total. The molecule has 0 amide bonds. The van der Waals surface area contributed by atoms with Crippen molar-refractivity contribution in [1.29, 1.82) is 0 Å². The van der Waals surface area contributed by atoms with Crippen molar-refractivity contribution < 1.29 is 9.53 Å². The Morgan fingerprint density at radius 1 is 1.41 bits per heavy atom. The number of thiazole rings is 2. The molecule has 1 fully saturated rings. The van der Waals surface area contributed by atoms with Crippen LogP contribution in [0.1, 0.15) is 52.0 Å². The van der Waals surface area contributed by atoms with Crippen molar-refractivity contribution >= 4 is 28.6 Å². The highest BCUT2D eigenvalue weighted by Crippen LogP contribution is 2.35. The third-order valence-corrected chi connectivity index (χ3v) is 5.46. The average molecular weight is 337 g/mol. The molecule has 0 aliphatic carbocycles. The van der Waals surface area contributed by atoms with Crippen LogP contribution in [0.2, 0.25) is 0 Å². The average Bonchev–Trinajstić information content (AvgIpc) is 3.20. The Morgan fingerprint density at radius 2 is 2.27 bits per heavy atom. The largest absolute Gasteiger partial charge is 0.461 e. The first-order valence-electron chi connectivity index (χ1n) is 7.45. The molecular weight excluding hydrogens is 318 g/mol. The summed E-state index contributed by atoms with van der Waals surface area (Å²) < 4.78 is 5.01. The van der Waals surface area contributed by atoms with E-state index >= 15 is 0 Å². The Kier molecular flexibility index (Phi) is 4.85. The van der Waals surface area contributed by atoms with Gasteiger partial charge in [0.1, 0.15) is 5.01 Å². The van der Waals surface area contributed by atoms with E-state index in [-0.39, 0.29) is 12.0 Å². The van der Waals surface area contributed by atoms with Crippen molar-refractivity contribution in [3.05, 3.63) is 32.2 Å². The molecule has 0 spiro atoms. The van der Waals surface area contributed by atoms with Crippen molar-refractivity contribution in [3.8, 4) is 0 Å². The van der Waals surface area contributed by atoms with Gasteiger partial charge < -0.3 is 4.74 Å². The summed E-state index contributed by atoms with van der Waals surface area (Å²) in [7, 11) is 0. The fourth-order valence-electron chi connectivity index (χ4n) is 2.72. The molecule has 1 aliphatic rings. The highest BCUT2D eigenvalue weighted by molar-refractivity contribution is 7.10. The Morgan fingerprint density at radius 3 is 3.00 bits per heavy atom. The summed E-state index contributed by atoms with van der Waals surface area (Å²) in [6, 6.07) is 0.287. The molecule has 22 heavy (non-hydrogen) atoms. The highest BCUT2D eigenvalue weighted by Gasteiger charge is 2.29. The fraction of sp³-hybridized carbons (Fsp3) is 0.533. The number of likely N-dealkylation sites (tertiary alicyclic amines) is 1. The van der Waals surface area contributed by atoms with Gasteiger partial charge in [-0.25, -0.2) is 14.8 Å². The zero-order chi connectivity index (χ0) is 15.5. The molecule has 1 unspecified atom stereocenters. The molecule has 0 radical (unpaired) electrons. The van der Waals surface area contributed by atoms with Gasteiger partial charge in [0.2, 0.25) is 0 Å². The van der Waals surface area contributed by atoms with Crippen LogP contribution in [0.5, 0.6) is 0 Å². The third kappa shape index (κ3) is 3.37. The summed E-state index contributed by atoms with van der Waals surface area (Å²) in [6.07, 6.45) is 2.24. The van der Waals surface area contributed by atoms with E-state index in [9.17, 15) is 4.79 Å². The first-order valence-corrected chi connectivity index (χ1v) is 9.21. The molecule has 118 valence electrons. The fourth-order valence-corrected chi connectivity index (χ4v) is 4.28. The van der Waals surface area contributed by atoms with Gasteiger partial charge in [-0.15, -0.1) is 22.7 Å². The van der Waals surface area contributed by atoms with Crippen LogP contribution < -0.4 is 0 Å². The number of nitrogens with zero attached hydrogens (tertiary/aromatic N) is 3. The predicted molar refractivity (Wildman–Crippen MR) is 87.3 cm³/mol. The minimum Gasteiger partial charge on any atom is -0.461 e. The summed E-state index contributed by atoms with van der Waals surface area (Å²) in [6.45, 7) is 6.12. The van der Waals surface area contributed by atoms with Gasteiger partial charge in [-0.1, -0.05) is 0 Å². The van der Waals surface area contributed by atoms with E-state index in [0.717, 1.165) is 41.6 Å². The number of carbonyl (C=O) groups is 1. The standard InChI is InChI=1S/C15H19N3O2S2/c1-3-20-15(19)12-9-22-14(17-12)13-5-4-6-18(13)7-11-8-21-10(2)16-11/h8-9,13H,3-7H2,1-2H3. The van der Waals surface area contributed by atoms with E-state index in [1.807, 2.05) is 6.92 Å². The van der Waals surface area contributed by atoms with Gasteiger partial charge in [-0.2, -0.15) is 0 Å². The topological polar surface area (TPSA) is 55.3 Å². The number of esters is 1. The van der Waals surface area contributed by atoms with E-state index in [1.165, 1.54) is 0 Å². The van der Waals surface area contributed by atoms with Crippen molar-refractivity contribution in [2.24, 2.45) is 0 Å². The summed E-state index contributed by atoms with van der Waals surface area (Å²) in [5.41, 5.74) is 1.55. The van der Waals surface area contributed by atoms with Crippen LogP contribution in [0.3, 0.4) is 0 Å². The number of rotatable bonds is 5. The van der Waals surface area contributed by atoms with Gasteiger partial charge >= 0.3 is 5.97 Å². The minimum atomic E-state index is -0.329. The second-order valence-electron chi connectivity index (χ2n) is 5.28. The lowest BCUT2D eigenvalue weighted by Gasteiger charge is -2.21. The Labute approximate surface area is 138 Å². The highest BCUT2D eigenvalue weighted by atomic mass is 32.1. The number of aromatic nitrogens is 2. The molecule has 0 N–H and O–H groups in total. The van der Waals surface area contributed by atoms with Gasteiger partial charge in [-0.3, -0.25) is 4.90 Å². The summed E-state index contributed by atoms with van der Waals surface area (Å²) >= 11 is 3.24. The van der Waals surface area contributed by atoms with E-state index < -0.39 is 0 Å². The number of hydrogen-bond donors (Lipinski definition) is 0. The van der Waals surface area contributed by atoms with Crippen molar-refractivity contribution in [3.63, 3.8) is 0 Å². The van der Waals surface area contributed by atoms with E-state index in [4.69, 9.17) is 4.74 Å². The van der Waals surface area contributed by atoms with Crippen LogP contribution in [0, 0.1) is 6.92 Å². The van der Waals surface area contributed by atoms with Crippen LogP contribution >= 0.6 is 22.7 Å². The third-order valence-electron chi connectivity index (χ3n) is 3.69. The molecule has 0 saturated carbocycles. The molecule has 3 heterocycles. The number of aryl methyl sites for hydroxylation is 1. The van der Waals surface area contributed by atoms with E-state index in [0.29, 0.717) is 12.3 Å². The van der Waals surface area contributed by atoms with E-state index in [2.05, 4.69) is 20.2 Å². The lowest BCUT2D eigenvalue weighted by atomic mass is 10.2. The zero-order valence-corrected chi connectivity index (χ0v) is 14.4. The molecule has 7 heteroatoms.